The van der Waals surface area contributed by atoms with E-state index in [4.69, 9.17) is 20.9 Å². The second-order valence-electron chi connectivity index (χ2n) is 16.7. The Hall–Kier alpha value is -5.01. The number of rotatable bonds is 10. The van der Waals surface area contributed by atoms with Crippen molar-refractivity contribution in [1.82, 2.24) is 30.1 Å². The molecule has 0 spiro atoms. The molecule has 2 aromatic heterocycles. The van der Waals surface area contributed by atoms with E-state index in [1.165, 1.54) is 44.8 Å². The largest absolute Gasteiger partial charge is 0.508 e. The SMILES string of the molecule is C#Cc1c(F)ccc2cc(O)cc(-c3nc(OC)c4c(N5CC6CC(C(=O)N(C)CC(F)(F)F)CC(C5)N6)nc(OCC5(CN6CC7CC7C6)CC5)nc4c3F)c12. The molecule has 2 saturated carbocycles. The van der Waals surface area contributed by atoms with Crippen LogP contribution in [0.25, 0.3) is 32.9 Å². The van der Waals surface area contributed by atoms with E-state index in [1.807, 2.05) is 4.90 Å². The van der Waals surface area contributed by atoms with E-state index in [0.717, 1.165) is 49.2 Å². The van der Waals surface area contributed by atoms with Crippen LogP contribution in [-0.2, 0) is 4.79 Å². The minimum atomic E-state index is -4.51. The number of pyridine rings is 1. The number of alkyl halides is 3. The number of halogens is 5. The number of anilines is 1. The van der Waals surface area contributed by atoms with Gasteiger partial charge in [-0.2, -0.15) is 23.1 Å². The van der Waals surface area contributed by atoms with Crippen molar-refractivity contribution in [2.75, 3.05) is 64.9 Å². The first-order valence-electron chi connectivity index (χ1n) is 19.3. The molecule has 5 fully saturated rings. The Labute approximate surface area is 325 Å². The monoisotopic (exact) mass is 791 g/mol. The number of fused-ring (bicyclic) bond motifs is 5. The molecule has 57 heavy (non-hydrogen) atoms. The van der Waals surface area contributed by atoms with Crippen LogP contribution in [0.15, 0.2) is 24.3 Å². The lowest BCUT2D eigenvalue weighted by atomic mass is 9.84. The smallest absolute Gasteiger partial charge is 0.406 e. The summed E-state index contributed by atoms with van der Waals surface area (Å²) in [5.41, 5.74) is -0.638. The topological polar surface area (TPSA) is 116 Å². The number of phenols is 1. The maximum absolute atomic E-state index is 17.3. The molecule has 300 valence electrons. The van der Waals surface area contributed by atoms with Crippen molar-refractivity contribution in [3.63, 3.8) is 0 Å². The Morgan fingerprint density at radius 2 is 1.77 bits per heavy atom. The van der Waals surface area contributed by atoms with E-state index in [-0.39, 0.29) is 100.0 Å². The fourth-order valence-electron chi connectivity index (χ4n) is 9.46. The van der Waals surface area contributed by atoms with Gasteiger partial charge >= 0.3 is 12.2 Å². The number of phenolic OH excluding ortho intramolecular Hbond substituents is 1. The van der Waals surface area contributed by atoms with Crippen LogP contribution in [0.2, 0.25) is 0 Å². The molecule has 2 aliphatic carbocycles. The van der Waals surface area contributed by atoms with E-state index in [0.29, 0.717) is 12.0 Å². The van der Waals surface area contributed by atoms with Gasteiger partial charge in [-0.15, -0.1) is 6.42 Å². The molecule has 4 aromatic rings. The number of hydrogen-bond acceptors (Lipinski definition) is 10. The van der Waals surface area contributed by atoms with Crippen molar-refractivity contribution in [2.24, 2.45) is 23.2 Å². The van der Waals surface area contributed by atoms with Gasteiger partial charge in [0.15, 0.2) is 5.82 Å². The molecule has 4 atom stereocenters. The first kappa shape index (κ1) is 37.6. The van der Waals surface area contributed by atoms with Crippen LogP contribution in [0.3, 0.4) is 0 Å². The molecular weight excluding hydrogens is 749 g/mol. The number of aromatic hydroxyl groups is 1. The summed E-state index contributed by atoms with van der Waals surface area (Å²) in [7, 11) is 2.53. The highest BCUT2D eigenvalue weighted by atomic mass is 19.4. The average molecular weight is 792 g/mol. The summed E-state index contributed by atoms with van der Waals surface area (Å²) < 4.78 is 83.9. The molecule has 2 bridgehead atoms. The van der Waals surface area contributed by atoms with Gasteiger partial charge < -0.3 is 34.6 Å². The zero-order chi connectivity index (χ0) is 40.0. The standard InChI is InChI=1S/C41H42F5N7O4/c1-4-28-30(42)6-5-21-12-27(54)13-29(31(21)28)34-33(43)35-32(37(48-34)56-3)36(50-39(49-35)57-20-40(7-8-40)18-52-14-23-9-24(23)15-52)53-16-25-10-22(11-26(17-53)47-25)38(55)51(2)19-41(44,45)46/h1,5-6,12-13,22-26,47,54H,7-11,14-20H2,2-3H3. The fourth-order valence-corrected chi connectivity index (χ4v) is 9.46. The summed E-state index contributed by atoms with van der Waals surface area (Å²) in [6.07, 6.45) is 5.06. The molecule has 5 aliphatic rings. The number of benzene rings is 2. The normalized spacial score (nSPS) is 24.9. The number of terminal acetylenes is 1. The summed E-state index contributed by atoms with van der Waals surface area (Å²) in [6, 6.07) is 4.60. The summed E-state index contributed by atoms with van der Waals surface area (Å²) >= 11 is 0. The summed E-state index contributed by atoms with van der Waals surface area (Å²) in [4.78, 5) is 32.3. The van der Waals surface area contributed by atoms with Gasteiger partial charge in [-0.25, -0.2) is 13.8 Å². The Balaban J connectivity index is 1.10. The van der Waals surface area contributed by atoms with Crippen LogP contribution in [0.1, 0.15) is 37.7 Å². The third-order valence-corrected chi connectivity index (χ3v) is 12.4. The van der Waals surface area contributed by atoms with Gasteiger partial charge in [0.1, 0.15) is 40.5 Å². The molecular formula is C41H42F5N7O4. The number of aromatic nitrogens is 3. The van der Waals surface area contributed by atoms with E-state index >= 15 is 8.78 Å². The number of carbonyl (C=O) groups is 1. The van der Waals surface area contributed by atoms with E-state index < -0.39 is 36.2 Å². The number of likely N-dealkylation sites (tertiary alicyclic amines) is 1. The minimum absolute atomic E-state index is 0.0290. The quantitative estimate of drug-likeness (QED) is 0.158. The van der Waals surface area contributed by atoms with Gasteiger partial charge in [0, 0.05) is 74.1 Å². The summed E-state index contributed by atoms with van der Waals surface area (Å²) in [5, 5.41) is 14.9. The molecule has 16 heteroatoms. The molecule has 0 radical (unpaired) electrons. The summed E-state index contributed by atoms with van der Waals surface area (Å²) in [5.74, 6) is 1.17. The van der Waals surface area contributed by atoms with E-state index in [1.54, 1.807) is 0 Å². The third kappa shape index (κ3) is 7.13. The highest BCUT2D eigenvalue weighted by molar-refractivity contribution is 6.04. The highest BCUT2D eigenvalue weighted by Crippen LogP contribution is 2.51. The lowest BCUT2D eigenvalue weighted by molar-refractivity contribution is -0.161. The van der Waals surface area contributed by atoms with Crippen molar-refractivity contribution in [3.05, 3.63) is 41.5 Å². The summed E-state index contributed by atoms with van der Waals surface area (Å²) in [6.45, 7) is 2.64. The third-order valence-electron chi connectivity index (χ3n) is 12.4. The predicted octanol–water partition coefficient (Wildman–Crippen LogP) is 5.51. The van der Waals surface area contributed by atoms with Crippen LogP contribution in [-0.4, -0.2) is 114 Å². The second-order valence-corrected chi connectivity index (χ2v) is 16.7. The molecule has 4 unspecified atom stereocenters. The number of piperazine rings is 1. The van der Waals surface area contributed by atoms with Crippen LogP contribution >= 0.6 is 0 Å². The molecule has 3 saturated heterocycles. The second kappa shape index (κ2) is 13.8. The molecule has 5 heterocycles. The lowest BCUT2D eigenvalue weighted by Gasteiger charge is -2.46. The number of methoxy groups -OCH3 is 1. The number of amides is 1. The number of nitrogens with one attached hydrogen (secondary N) is 1. The first-order valence-corrected chi connectivity index (χ1v) is 19.3. The Kier molecular flexibility index (Phi) is 9.11. The minimum Gasteiger partial charge on any atom is -0.508 e. The molecule has 2 aromatic carbocycles. The lowest BCUT2D eigenvalue weighted by Crippen LogP contribution is -2.62. The van der Waals surface area contributed by atoms with Crippen molar-refractivity contribution in [2.45, 2.75) is 50.4 Å². The Morgan fingerprint density at radius 3 is 2.42 bits per heavy atom. The van der Waals surface area contributed by atoms with Gasteiger partial charge in [-0.05, 0) is 67.5 Å². The zero-order valence-corrected chi connectivity index (χ0v) is 31.5. The van der Waals surface area contributed by atoms with Gasteiger partial charge in [0.2, 0.25) is 11.8 Å². The molecule has 9 rings (SSSR count). The maximum atomic E-state index is 17.3. The maximum Gasteiger partial charge on any atom is 0.406 e. The molecule has 1 amide bonds. The number of ether oxygens (including phenoxy) is 2. The van der Waals surface area contributed by atoms with Crippen LogP contribution in [0, 0.1) is 47.1 Å². The Bertz CT molecular complexity index is 2310. The van der Waals surface area contributed by atoms with Crippen molar-refractivity contribution in [3.8, 4) is 41.2 Å². The average Bonchev–Trinajstić information content (AvgIpc) is 4.07. The van der Waals surface area contributed by atoms with Crippen LogP contribution < -0.4 is 19.7 Å². The fraction of sp³-hybridized carbons (Fsp3) is 0.512. The molecule has 3 aliphatic heterocycles. The van der Waals surface area contributed by atoms with Gasteiger partial charge in [0.25, 0.3) is 0 Å². The highest BCUT2D eigenvalue weighted by Gasteiger charge is 2.51. The first-order chi connectivity index (χ1) is 27.2. The number of nitrogens with zero attached hydrogens (tertiary/aromatic N) is 6. The van der Waals surface area contributed by atoms with E-state index in [9.17, 15) is 23.1 Å². The molecule has 2 N–H and O–H groups in total. The number of hydrogen-bond donors (Lipinski definition) is 2. The van der Waals surface area contributed by atoms with Crippen LogP contribution in [0.4, 0.5) is 27.8 Å². The van der Waals surface area contributed by atoms with Crippen molar-refractivity contribution < 1.29 is 41.3 Å². The van der Waals surface area contributed by atoms with Crippen molar-refractivity contribution in [1.29, 1.82) is 0 Å². The van der Waals surface area contributed by atoms with Crippen LogP contribution in [0.5, 0.6) is 17.6 Å². The number of carbonyl (C=O) groups excluding carboxylic acids is 1. The zero-order valence-electron chi connectivity index (χ0n) is 31.5. The van der Waals surface area contributed by atoms with Gasteiger partial charge in [-0.3, -0.25) is 4.79 Å². The van der Waals surface area contributed by atoms with Gasteiger partial charge in [-0.1, -0.05) is 12.0 Å². The van der Waals surface area contributed by atoms with Gasteiger partial charge in [0.05, 0.1) is 19.3 Å². The molecule has 11 nitrogen and oxygen atoms in total. The van der Waals surface area contributed by atoms with E-state index in [2.05, 4.69) is 26.1 Å². The van der Waals surface area contributed by atoms with Crippen molar-refractivity contribution >= 4 is 33.4 Å². The number of piperidine rings is 2. The predicted molar refractivity (Wildman–Crippen MR) is 201 cm³/mol. The Morgan fingerprint density at radius 1 is 1.05 bits per heavy atom.